The summed E-state index contributed by atoms with van der Waals surface area (Å²) in [5.41, 5.74) is 1.13. The zero-order valence-electron chi connectivity index (χ0n) is 16.9. The van der Waals surface area contributed by atoms with Crippen molar-refractivity contribution < 1.29 is 13.2 Å². The summed E-state index contributed by atoms with van der Waals surface area (Å²) in [6.45, 7) is 0. The van der Waals surface area contributed by atoms with Crippen molar-refractivity contribution in [3.8, 4) is 16.9 Å². The molecule has 5 rings (SSSR count). The van der Waals surface area contributed by atoms with E-state index < -0.39 is 11.7 Å². The van der Waals surface area contributed by atoms with E-state index in [9.17, 15) is 13.2 Å². The van der Waals surface area contributed by atoms with E-state index in [0.717, 1.165) is 28.5 Å². The lowest BCUT2D eigenvalue weighted by Gasteiger charge is -2.13. The van der Waals surface area contributed by atoms with Crippen LogP contribution in [0.25, 0.3) is 38.8 Å². The Kier molecular flexibility index (Phi) is 5.47. The van der Waals surface area contributed by atoms with Crippen molar-refractivity contribution in [1.82, 2.24) is 19.7 Å². The number of nitrogens with zero attached hydrogens (tertiary/aromatic N) is 4. The molecule has 5 aromatic rings. The fraction of sp³-hybridized carbons (Fsp3) is 0.0870. The quantitative estimate of drug-likeness (QED) is 0.236. The van der Waals surface area contributed by atoms with Gasteiger partial charge in [0.15, 0.2) is 5.65 Å². The van der Waals surface area contributed by atoms with Crippen LogP contribution < -0.4 is 0 Å². The minimum absolute atomic E-state index is 0.124. The monoisotopic (exact) mass is 504 g/mol. The molecule has 0 spiro atoms. The second-order valence-corrected chi connectivity index (χ2v) is 8.76. The molecule has 33 heavy (non-hydrogen) atoms. The van der Waals surface area contributed by atoms with Crippen molar-refractivity contribution in [3.05, 3.63) is 76.5 Å². The van der Waals surface area contributed by atoms with Gasteiger partial charge >= 0.3 is 6.18 Å². The van der Waals surface area contributed by atoms with Crippen molar-refractivity contribution >= 4 is 56.8 Å². The van der Waals surface area contributed by atoms with Crippen LogP contribution in [0.5, 0.6) is 0 Å². The lowest BCUT2D eigenvalue weighted by atomic mass is 10.0. The van der Waals surface area contributed by atoms with Gasteiger partial charge in [-0.2, -0.15) is 18.3 Å². The van der Waals surface area contributed by atoms with E-state index in [0.29, 0.717) is 21.8 Å². The van der Waals surface area contributed by atoms with Gasteiger partial charge in [0.05, 0.1) is 26.7 Å². The normalized spacial score (nSPS) is 12.1. The number of fused-ring (bicyclic) bond motifs is 2. The minimum Gasteiger partial charge on any atom is -0.235 e. The molecule has 0 atom stereocenters. The molecule has 0 saturated heterocycles. The molecule has 0 aliphatic carbocycles. The second kappa shape index (κ2) is 8.20. The van der Waals surface area contributed by atoms with Crippen LogP contribution in [0.4, 0.5) is 13.2 Å². The summed E-state index contributed by atoms with van der Waals surface area (Å²) >= 11 is 13.9. The van der Waals surface area contributed by atoms with Crippen molar-refractivity contribution in [1.29, 1.82) is 0 Å². The largest absolute Gasteiger partial charge is 0.416 e. The fourth-order valence-corrected chi connectivity index (χ4v) is 4.99. The maximum atomic E-state index is 13.2. The van der Waals surface area contributed by atoms with E-state index in [1.165, 1.54) is 22.8 Å². The topological polar surface area (TPSA) is 43.6 Å². The zero-order chi connectivity index (χ0) is 23.3. The van der Waals surface area contributed by atoms with Crippen molar-refractivity contribution in [2.75, 3.05) is 6.26 Å². The Bertz CT molecular complexity index is 1500. The number of aromatic nitrogens is 4. The molecular formula is C23H13Cl2F3N4S. The highest BCUT2D eigenvalue weighted by Crippen LogP contribution is 2.41. The molecule has 3 aromatic carbocycles. The number of rotatable bonds is 3. The molecule has 0 amide bonds. The molecule has 2 heterocycles. The lowest BCUT2D eigenvalue weighted by molar-refractivity contribution is -0.137. The third kappa shape index (κ3) is 3.72. The fourth-order valence-electron chi connectivity index (χ4n) is 3.79. The van der Waals surface area contributed by atoms with Crippen LogP contribution in [0.3, 0.4) is 0 Å². The van der Waals surface area contributed by atoms with E-state index in [2.05, 4.69) is 15.1 Å². The van der Waals surface area contributed by atoms with Gasteiger partial charge in [0.1, 0.15) is 17.0 Å². The van der Waals surface area contributed by atoms with Gasteiger partial charge in [0, 0.05) is 5.56 Å². The highest BCUT2D eigenvalue weighted by Gasteiger charge is 2.33. The maximum absolute atomic E-state index is 13.2. The Morgan fingerprint density at radius 3 is 2.33 bits per heavy atom. The van der Waals surface area contributed by atoms with Crippen LogP contribution in [-0.4, -0.2) is 26.0 Å². The van der Waals surface area contributed by atoms with E-state index >= 15 is 0 Å². The van der Waals surface area contributed by atoms with E-state index in [4.69, 9.17) is 23.2 Å². The number of benzene rings is 3. The first-order valence-corrected chi connectivity index (χ1v) is 11.6. The standard InChI is InChI=1S/C23H13Cl2F3N4S/c1-33-22-18-19(15-8-4-6-12-5-2-3-7-14(12)15)29-11-30-21(18)32(31-22)20-16(24)9-13(10-17(20)25)23(26,27)28/h2-11H,1H3. The van der Waals surface area contributed by atoms with Crippen molar-refractivity contribution in [2.45, 2.75) is 11.2 Å². The maximum Gasteiger partial charge on any atom is 0.416 e. The van der Waals surface area contributed by atoms with Crippen LogP contribution in [-0.2, 0) is 6.18 Å². The first-order chi connectivity index (χ1) is 15.8. The number of hydrogen-bond donors (Lipinski definition) is 0. The third-order valence-corrected chi connectivity index (χ3v) is 6.48. The molecule has 0 bridgehead atoms. The molecule has 2 aromatic heterocycles. The molecular weight excluding hydrogens is 492 g/mol. The Morgan fingerprint density at radius 2 is 1.64 bits per heavy atom. The average Bonchev–Trinajstić information content (AvgIpc) is 3.16. The molecule has 0 aliphatic rings. The SMILES string of the molecule is CSc1nn(-c2c(Cl)cc(C(F)(F)F)cc2Cl)c2ncnc(-c3cccc4ccccc34)c12. The summed E-state index contributed by atoms with van der Waals surface area (Å²) in [7, 11) is 0. The van der Waals surface area contributed by atoms with Gasteiger partial charge in [-0.05, 0) is 29.2 Å². The molecule has 0 aliphatic heterocycles. The van der Waals surface area contributed by atoms with Crippen molar-refractivity contribution in [3.63, 3.8) is 0 Å². The molecule has 0 unspecified atom stereocenters. The van der Waals surface area contributed by atoms with Gasteiger partial charge in [-0.1, -0.05) is 65.7 Å². The third-order valence-electron chi connectivity index (χ3n) is 5.23. The van der Waals surface area contributed by atoms with Crippen LogP contribution in [0.15, 0.2) is 66.0 Å². The first-order valence-electron chi connectivity index (χ1n) is 9.62. The molecule has 0 saturated carbocycles. The minimum atomic E-state index is -4.58. The van der Waals surface area contributed by atoms with Crippen LogP contribution in [0, 0.1) is 0 Å². The van der Waals surface area contributed by atoms with E-state index in [-0.39, 0.29) is 15.7 Å². The van der Waals surface area contributed by atoms with Gasteiger partial charge in [-0.15, -0.1) is 11.8 Å². The summed E-state index contributed by atoms with van der Waals surface area (Å²) in [6.07, 6.45) is -1.33. The Morgan fingerprint density at radius 1 is 0.939 bits per heavy atom. The summed E-state index contributed by atoms with van der Waals surface area (Å²) in [6, 6.07) is 15.5. The van der Waals surface area contributed by atoms with Crippen LogP contribution in [0.1, 0.15) is 5.56 Å². The molecule has 0 fully saturated rings. The smallest absolute Gasteiger partial charge is 0.235 e. The lowest BCUT2D eigenvalue weighted by Crippen LogP contribution is -2.07. The zero-order valence-corrected chi connectivity index (χ0v) is 19.2. The summed E-state index contributed by atoms with van der Waals surface area (Å²) in [4.78, 5) is 8.92. The molecule has 166 valence electrons. The highest BCUT2D eigenvalue weighted by molar-refractivity contribution is 7.98. The number of thioether (sulfide) groups is 1. The van der Waals surface area contributed by atoms with E-state index in [1.807, 2.05) is 48.7 Å². The average molecular weight is 505 g/mol. The molecule has 10 heteroatoms. The predicted octanol–water partition coefficient (Wildman–Crippen LogP) is 7.68. The molecule has 0 N–H and O–H groups in total. The second-order valence-electron chi connectivity index (χ2n) is 7.15. The molecule has 4 nitrogen and oxygen atoms in total. The van der Waals surface area contributed by atoms with Gasteiger partial charge in [0.2, 0.25) is 0 Å². The first kappa shape index (κ1) is 22.0. The Labute approximate surface area is 200 Å². The van der Waals surface area contributed by atoms with Gasteiger partial charge in [-0.25, -0.2) is 14.6 Å². The Hall–Kier alpha value is -2.81. The Balaban J connectivity index is 1.80. The van der Waals surface area contributed by atoms with Crippen LogP contribution >= 0.6 is 35.0 Å². The van der Waals surface area contributed by atoms with E-state index in [1.54, 1.807) is 0 Å². The number of halogens is 5. The van der Waals surface area contributed by atoms with Gasteiger partial charge < -0.3 is 0 Å². The highest BCUT2D eigenvalue weighted by atomic mass is 35.5. The summed E-state index contributed by atoms with van der Waals surface area (Å²) < 4.78 is 41.0. The number of alkyl halides is 3. The van der Waals surface area contributed by atoms with Gasteiger partial charge in [0.25, 0.3) is 0 Å². The van der Waals surface area contributed by atoms with Crippen LogP contribution in [0.2, 0.25) is 10.0 Å². The number of hydrogen-bond acceptors (Lipinski definition) is 4. The van der Waals surface area contributed by atoms with Gasteiger partial charge in [-0.3, -0.25) is 0 Å². The molecule has 0 radical (unpaired) electrons. The summed E-state index contributed by atoms with van der Waals surface area (Å²) in [5, 5.41) is 7.53. The predicted molar refractivity (Wildman–Crippen MR) is 126 cm³/mol. The van der Waals surface area contributed by atoms with Crippen molar-refractivity contribution in [2.24, 2.45) is 0 Å². The summed E-state index contributed by atoms with van der Waals surface area (Å²) in [5.74, 6) is 0.